The molecule has 1 N–H and O–H groups in total. The van der Waals surface area contributed by atoms with Gasteiger partial charge in [-0.3, -0.25) is 9.69 Å². The fourth-order valence-electron chi connectivity index (χ4n) is 3.05. The molecule has 0 saturated carbocycles. The topological polar surface area (TPSA) is 77.9 Å². The lowest BCUT2D eigenvalue weighted by atomic mass is 9.95. The minimum Gasteiger partial charge on any atom is -0.389 e. The first kappa shape index (κ1) is 15.7. The van der Waals surface area contributed by atoms with E-state index in [1.807, 2.05) is 4.90 Å². The van der Waals surface area contributed by atoms with Gasteiger partial charge in [0.15, 0.2) is 9.84 Å². The zero-order chi connectivity index (χ0) is 15.0. The Morgan fingerprint density at radius 3 is 2.75 bits per heavy atom. The first-order chi connectivity index (χ1) is 9.19. The SMILES string of the molecule is CN(C(=O)CN1CCCC(C)(O)C1)C1CCS(=O)(=O)C1. The van der Waals surface area contributed by atoms with E-state index in [4.69, 9.17) is 0 Å². The zero-order valence-electron chi connectivity index (χ0n) is 12.2. The molecule has 0 aromatic heterocycles. The van der Waals surface area contributed by atoms with Crippen molar-refractivity contribution < 1.29 is 18.3 Å². The van der Waals surface area contributed by atoms with Gasteiger partial charge in [0, 0.05) is 19.6 Å². The monoisotopic (exact) mass is 304 g/mol. The van der Waals surface area contributed by atoms with Crippen molar-refractivity contribution in [3.63, 3.8) is 0 Å². The summed E-state index contributed by atoms with van der Waals surface area (Å²) in [6.07, 6.45) is 2.17. The summed E-state index contributed by atoms with van der Waals surface area (Å²) in [5.41, 5.74) is -0.728. The molecule has 0 spiro atoms. The van der Waals surface area contributed by atoms with Crippen LogP contribution in [-0.2, 0) is 14.6 Å². The summed E-state index contributed by atoms with van der Waals surface area (Å²) in [4.78, 5) is 15.7. The number of hydrogen-bond acceptors (Lipinski definition) is 5. The lowest BCUT2D eigenvalue weighted by molar-refractivity contribution is -0.134. The number of piperidine rings is 1. The van der Waals surface area contributed by atoms with Gasteiger partial charge < -0.3 is 10.0 Å². The second kappa shape index (κ2) is 5.61. The molecular weight excluding hydrogens is 280 g/mol. The molecule has 2 saturated heterocycles. The van der Waals surface area contributed by atoms with Crippen LogP contribution < -0.4 is 0 Å². The number of aliphatic hydroxyl groups is 1. The summed E-state index contributed by atoms with van der Waals surface area (Å²) >= 11 is 0. The van der Waals surface area contributed by atoms with Gasteiger partial charge in [-0.25, -0.2) is 8.42 Å². The van der Waals surface area contributed by atoms with Gasteiger partial charge in [-0.05, 0) is 32.7 Å². The van der Waals surface area contributed by atoms with Crippen molar-refractivity contribution in [3.8, 4) is 0 Å². The highest BCUT2D eigenvalue weighted by Crippen LogP contribution is 2.21. The Labute approximate surface area is 120 Å². The molecule has 2 atom stereocenters. The van der Waals surface area contributed by atoms with Gasteiger partial charge in [0.05, 0.1) is 23.7 Å². The predicted molar refractivity (Wildman–Crippen MR) is 76.1 cm³/mol. The molecule has 116 valence electrons. The summed E-state index contributed by atoms with van der Waals surface area (Å²) in [7, 11) is -1.30. The van der Waals surface area contributed by atoms with E-state index in [0.29, 0.717) is 13.0 Å². The standard InChI is InChI=1S/C13H24N2O4S/c1-13(17)5-3-6-15(10-13)8-12(16)14(2)11-4-7-20(18,19)9-11/h11,17H,3-10H2,1-2H3. The van der Waals surface area contributed by atoms with Crippen molar-refractivity contribution in [1.82, 2.24) is 9.80 Å². The lowest BCUT2D eigenvalue weighted by Crippen LogP contribution is -2.50. The van der Waals surface area contributed by atoms with Crippen LogP contribution in [-0.4, -0.2) is 79.1 Å². The van der Waals surface area contributed by atoms with Crippen molar-refractivity contribution in [2.24, 2.45) is 0 Å². The second-order valence-electron chi connectivity index (χ2n) is 6.37. The molecule has 2 rings (SSSR count). The quantitative estimate of drug-likeness (QED) is 0.759. The fourth-order valence-corrected chi connectivity index (χ4v) is 4.82. The van der Waals surface area contributed by atoms with Crippen LogP contribution in [0.4, 0.5) is 0 Å². The summed E-state index contributed by atoms with van der Waals surface area (Å²) < 4.78 is 22.9. The maximum absolute atomic E-state index is 12.2. The van der Waals surface area contributed by atoms with Gasteiger partial charge >= 0.3 is 0 Å². The summed E-state index contributed by atoms with van der Waals surface area (Å²) in [6, 6.07) is -0.196. The third kappa shape index (κ3) is 3.93. The number of likely N-dealkylation sites (tertiary alicyclic amines) is 1. The highest BCUT2D eigenvalue weighted by Gasteiger charge is 2.34. The summed E-state index contributed by atoms with van der Waals surface area (Å²) in [5, 5.41) is 10.0. The molecular formula is C13H24N2O4S. The van der Waals surface area contributed by atoms with Gasteiger partial charge in [0.25, 0.3) is 0 Å². The van der Waals surface area contributed by atoms with Gasteiger partial charge in [-0.15, -0.1) is 0 Å². The van der Waals surface area contributed by atoms with Crippen molar-refractivity contribution in [3.05, 3.63) is 0 Å². The van der Waals surface area contributed by atoms with Gasteiger partial charge in [-0.2, -0.15) is 0 Å². The number of likely N-dealkylation sites (N-methyl/N-ethyl adjacent to an activating group) is 1. The number of amides is 1. The molecule has 1 amide bonds. The lowest BCUT2D eigenvalue weighted by Gasteiger charge is -2.37. The zero-order valence-corrected chi connectivity index (χ0v) is 13.0. The number of hydrogen-bond donors (Lipinski definition) is 1. The molecule has 20 heavy (non-hydrogen) atoms. The molecule has 0 aromatic carbocycles. The first-order valence-electron chi connectivity index (χ1n) is 7.09. The minimum atomic E-state index is -2.97. The Hall–Kier alpha value is -0.660. The molecule has 2 heterocycles. The Morgan fingerprint density at radius 1 is 1.50 bits per heavy atom. The van der Waals surface area contributed by atoms with Crippen LogP contribution in [0.2, 0.25) is 0 Å². The van der Waals surface area contributed by atoms with E-state index < -0.39 is 15.4 Å². The number of nitrogens with zero attached hydrogens (tertiary/aromatic N) is 2. The predicted octanol–water partition coefficient (Wildman–Crippen LogP) is -0.521. The Morgan fingerprint density at radius 2 is 2.20 bits per heavy atom. The molecule has 0 aliphatic carbocycles. The Bertz CT molecular complexity index is 475. The van der Waals surface area contributed by atoms with E-state index in [1.165, 1.54) is 0 Å². The second-order valence-corrected chi connectivity index (χ2v) is 8.60. The summed E-state index contributed by atoms with van der Waals surface area (Å²) in [6.45, 7) is 3.34. The molecule has 0 aromatic rings. The summed E-state index contributed by atoms with van der Waals surface area (Å²) in [5.74, 6) is 0.186. The molecule has 7 heteroatoms. The number of carbonyl (C=O) groups is 1. The van der Waals surface area contributed by atoms with Crippen LogP contribution in [0.15, 0.2) is 0 Å². The number of sulfone groups is 1. The Balaban J connectivity index is 1.88. The Kier molecular flexibility index (Phi) is 4.41. The van der Waals surface area contributed by atoms with E-state index in [-0.39, 0.29) is 30.0 Å². The smallest absolute Gasteiger partial charge is 0.236 e. The highest BCUT2D eigenvalue weighted by atomic mass is 32.2. The van der Waals surface area contributed by atoms with Crippen molar-refractivity contribution in [1.29, 1.82) is 0 Å². The van der Waals surface area contributed by atoms with E-state index in [9.17, 15) is 18.3 Å². The third-order valence-corrected chi connectivity index (χ3v) is 6.01. The number of rotatable bonds is 3. The molecule has 2 fully saturated rings. The van der Waals surface area contributed by atoms with E-state index in [1.54, 1.807) is 18.9 Å². The van der Waals surface area contributed by atoms with Crippen LogP contribution in [0.1, 0.15) is 26.2 Å². The first-order valence-corrected chi connectivity index (χ1v) is 8.91. The fraction of sp³-hybridized carbons (Fsp3) is 0.923. The van der Waals surface area contributed by atoms with Crippen LogP contribution in [0.3, 0.4) is 0 Å². The molecule has 0 bridgehead atoms. The molecule has 2 aliphatic heterocycles. The highest BCUT2D eigenvalue weighted by molar-refractivity contribution is 7.91. The third-order valence-electron chi connectivity index (χ3n) is 4.26. The molecule has 2 aliphatic rings. The van der Waals surface area contributed by atoms with Gasteiger partial charge in [0.2, 0.25) is 5.91 Å². The van der Waals surface area contributed by atoms with Crippen molar-refractivity contribution >= 4 is 15.7 Å². The maximum atomic E-state index is 12.2. The van der Waals surface area contributed by atoms with E-state index >= 15 is 0 Å². The number of β-amino-alcohol motifs (C(OH)–C–C–N with tert-alkyl or cyclic N) is 1. The average Bonchev–Trinajstić information content (AvgIpc) is 2.67. The molecule has 2 unspecified atom stereocenters. The molecule has 6 nitrogen and oxygen atoms in total. The van der Waals surface area contributed by atoms with Crippen molar-refractivity contribution in [2.45, 2.75) is 37.8 Å². The van der Waals surface area contributed by atoms with Gasteiger partial charge in [-0.1, -0.05) is 0 Å². The van der Waals surface area contributed by atoms with Crippen molar-refractivity contribution in [2.75, 3.05) is 38.2 Å². The van der Waals surface area contributed by atoms with Crippen LogP contribution in [0, 0.1) is 0 Å². The average molecular weight is 304 g/mol. The largest absolute Gasteiger partial charge is 0.389 e. The van der Waals surface area contributed by atoms with Crippen LogP contribution in [0.25, 0.3) is 0 Å². The number of carbonyl (C=O) groups excluding carboxylic acids is 1. The molecule has 0 radical (unpaired) electrons. The minimum absolute atomic E-state index is 0.0650. The van der Waals surface area contributed by atoms with E-state index in [0.717, 1.165) is 19.4 Å². The van der Waals surface area contributed by atoms with E-state index in [2.05, 4.69) is 0 Å². The maximum Gasteiger partial charge on any atom is 0.236 e. The van der Waals surface area contributed by atoms with Crippen LogP contribution >= 0.6 is 0 Å². The van der Waals surface area contributed by atoms with Gasteiger partial charge in [0.1, 0.15) is 0 Å². The normalized spacial score (nSPS) is 34.0. The van der Waals surface area contributed by atoms with Crippen LogP contribution in [0.5, 0.6) is 0 Å².